The van der Waals surface area contributed by atoms with Gasteiger partial charge in [0.1, 0.15) is 5.75 Å². The first kappa shape index (κ1) is 20.2. The average molecular weight is 510 g/mol. The zero-order chi connectivity index (χ0) is 15.8. The van der Waals surface area contributed by atoms with Crippen LogP contribution in [0.15, 0.2) is 45.2 Å². The molecule has 2 rings (SSSR count). The fraction of sp³-hybridized carbons (Fsp3) is 0.312. The van der Waals surface area contributed by atoms with Crippen LogP contribution in [0.25, 0.3) is 0 Å². The molecule has 0 amide bonds. The number of nitrogens with one attached hydrogen (secondary N) is 2. The van der Waals surface area contributed by atoms with E-state index in [2.05, 4.69) is 50.6 Å². The van der Waals surface area contributed by atoms with Crippen LogP contribution in [0, 0.1) is 0 Å². The smallest absolute Gasteiger partial charge is 0.191 e. The van der Waals surface area contributed by atoms with Crippen molar-refractivity contribution < 1.29 is 4.74 Å². The summed E-state index contributed by atoms with van der Waals surface area (Å²) in [6.07, 6.45) is 0. The number of rotatable bonds is 6. The molecule has 1 heterocycles. The molecule has 7 heteroatoms. The van der Waals surface area contributed by atoms with Crippen molar-refractivity contribution in [1.29, 1.82) is 0 Å². The third-order valence-electron chi connectivity index (χ3n) is 2.98. The molecule has 0 radical (unpaired) electrons. The highest BCUT2D eigenvalue weighted by Gasteiger charge is 2.01. The SMILES string of the molecule is CCNC(=NCc1ccc(OC)cc1)NCc1ccc(Br)s1.I. The van der Waals surface area contributed by atoms with E-state index in [1.807, 2.05) is 24.3 Å². The van der Waals surface area contributed by atoms with Crippen LogP contribution < -0.4 is 15.4 Å². The van der Waals surface area contributed by atoms with Crippen molar-refractivity contribution >= 4 is 57.2 Å². The number of benzene rings is 1. The van der Waals surface area contributed by atoms with E-state index in [4.69, 9.17) is 4.74 Å². The molecule has 2 N–H and O–H groups in total. The van der Waals surface area contributed by atoms with E-state index in [-0.39, 0.29) is 24.0 Å². The number of ether oxygens (including phenoxy) is 1. The number of hydrogen-bond donors (Lipinski definition) is 2. The maximum atomic E-state index is 5.16. The van der Waals surface area contributed by atoms with Crippen LogP contribution in [0.1, 0.15) is 17.4 Å². The minimum Gasteiger partial charge on any atom is -0.497 e. The molecule has 0 aliphatic carbocycles. The monoisotopic (exact) mass is 509 g/mol. The Morgan fingerprint density at radius 1 is 1.17 bits per heavy atom. The van der Waals surface area contributed by atoms with E-state index < -0.39 is 0 Å². The molecule has 0 atom stereocenters. The van der Waals surface area contributed by atoms with Gasteiger partial charge in [-0.25, -0.2) is 4.99 Å². The first-order valence-corrected chi connectivity index (χ1v) is 8.71. The van der Waals surface area contributed by atoms with E-state index in [0.717, 1.165) is 34.1 Å². The summed E-state index contributed by atoms with van der Waals surface area (Å²) in [4.78, 5) is 5.87. The Balaban J connectivity index is 0.00000264. The summed E-state index contributed by atoms with van der Waals surface area (Å²) in [6, 6.07) is 12.1. The molecule has 2 aromatic rings. The lowest BCUT2D eigenvalue weighted by molar-refractivity contribution is 0.414. The zero-order valence-corrected chi connectivity index (χ0v) is 17.9. The van der Waals surface area contributed by atoms with E-state index >= 15 is 0 Å². The van der Waals surface area contributed by atoms with Gasteiger partial charge in [0.2, 0.25) is 0 Å². The highest BCUT2D eigenvalue weighted by Crippen LogP contribution is 2.21. The Bertz CT molecular complexity index is 616. The molecule has 0 aliphatic heterocycles. The van der Waals surface area contributed by atoms with E-state index in [1.54, 1.807) is 18.4 Å². The summed E-state index contributed by atoms with van der Waals surface area (Å²) in [6.45, 7) is 4.30. The van der Waals surface area contributed by atoms with Crippen molar-refractivity contribution in [3.63, 3.8) is 0 Å². The maximum Gasteiger partial charge on any atom is 0.191 e. The lowest BCUT2D eigenvalue weighted by atomic mass is 10.2. The number of thiophene rings is 1. The molecule has 0 saturated carbocycles. The minimum absolute atomic E-state index is 0. The lowest BCUT2D eigenvalue weighted by Crippen LogP contribution is -2.36. The molecular formula is C16H21BrIN3OS. The Kier molecular flexibility index (Phi) is 9.57. The fourth-order valence-electron chi connectivity index (χ4n) is 1.86. The van der Waals surface area contributed by atoms with Crippen LogP contribution in [0.4, 0.5) is 0 Å². The summed E-state index contributed by atoms with van der Waals surface area (Å²) in [7, 11) is 1.67. The normalized spacial score (nSPS) is 10.8. The third kappa shape index (κ3) is 7.09. The highest BCUT2D eigenvalue weighted by molar-refractivity contribution is 14.0. The summed E-state index contributed by atoms with van der Waals surface area (Å²) in [5, 5.41) is 6.61. The van der Waals surface area contributed by atoms with Crippen LogP contribution in [-0.4, -0.2) is 19.6 Å². The number of halogens is 2. The number of aliphatic imine (C=N–C) groups is 1. The molecule has 0 unspecified atom stereocenters. The Hall–Kier alpha value is -0.800. The zero-order valence-electron chi connectivity index (χ0n) is 13.1. The van der Waals surface area contributed by atoms with Crippen molar-refractivity contribution in [2.75, 3.05) is 13.7 Å². The minimum atomic E-state index is 0. The van der Waals surface area contributed by atoms with Gasteiger partial charge in [0, 0.05) is 11.4 Å². The summed E-state index contributed by atoms with van der Waals surface area (Å²) in [5.41, 5.74) is 1.15. The van der Waals surface area contributed by atoms with Crippen molar-refractivity contribution in [3.05, 3.63) is 50.6 Å². The van der Waals surface area contributed by atoms with Gasteiger partial charge in [0.25, 0.3) is 0 Å². The van der Waals surface area contributed by atoms with Gasteiger partial charge in [0.05, 0.1) is 24.0 Å². The largest absolute Gasteiger partial charge is 0.497 e. The number of hydrogen-bond acceptors (Lipinski definition) is 3. The summed E-state index contributed by atoms with van der Waals surface area (Å²) >= 11 is 5.20. The topological polar surface area (TPSA) is 45.7 Å². The Morgan fingerprint density at radius 2 is 1.91 bits per heavy atom. The molecule has 0 aliphatic rings. The number of methoxy groups -OCH3 is 1. The number of guanidine groups is 1. The standard InChI is InChI=1S/C16H20BrN3OS.HI/c1-3-18-16(20-11-14-8-9-15(17)22-14)19-10-12-4-6-13(21-2)7-5-12;/h4-9H,3,10-11H2,1-2H3,(H2,18,19,20);1H. The van der Waals surface area contributed by atoms with Gasteiger partial charge in [-0.3, -0.25) is 0 Å². The molecule has 0 bridgehead atoms. The fourth-order valence-corrected chi connectivity index (χ4v) is 3.28. The van der Waals surface area contributed by atoms with E-state index in [9.17, 15) is 0 Å². The van der Waals surface area contributed by atoms with Crippen molar-refractivity contribution in [1.82, 2.24) is 10.6 Å². The van der Waals surface area contributed by atoms with Crippen molar-refractivity contribution in [2.24, 2.45) is 4.99 Å². The summed E-state index contributed by atoms with van der Waals surface area (Å²) < 4.78 is 6.30. The lowest BCUT2D eigenvalue weighted by Gasteiger charge is -2.10. The quantitative estimate of drug-likeness (QED) is 0.345. The van der Waals surface area contributed by atoms with Gasteiger partial charge in [-0.1, -0.05) is 12.1 Å². The van der Waals surface area contributed by atoms with Crippen molar-refractivity contribution in [3.8, 4) is 5.75 Å². The second kappa shape index (κ2) is 10.9. The van der Waals surface area contributed by atoms with Gasteiger partial charge >= 0.3 is 0 Å². The molecule has 23 heavy (non-hydrogen) atoms. The Labute approximate surface area is 166 Å². The van der Waals surface area contributed by atoms with Gasteiger partial charge in [0.15, 0.2) is 5.96 Å². The molecule has 0 spiro atoms. The molecule has 4 nitrogen and oxygen atoms in total. The third-order valence-corrected chi connectivity index (χ3v) is 4.61. The Morgan fingerprint density at radius 3 is 2.48 bits per heavy atom. The van der Waals surface area contributed by atoms with Crippen LogP contribution in [0.5, 0.6) is 5.75 Å². The van der Waals surface area contributed by atoms with Crippen LogP contribution in [0.3, 0.4) is 0 Å². The molecule has 0 saturated heterocycles. The predicted molar refractivity (Wildman–Crippen MR) is 112 cm³/mol. The van der Waals surface area contributed by atoms with Gasteiger partial charge in [-0.2, -0.15) is 0 Å². The predicted octanol–water partition coefficient (Wildman–Crippen LogP) is 4.39. The summed E-state index contributed by atoms with van der Waals surface area (Å²) in [5.74, 6) is 1.68. The number of nitrogens with zero attached hydrogens (tertiary/aromatic N) is 1. The van der Waals surface area contributed by atoms with E-state index in [0.29, 0.717) is 6.54 Å². The van der Waals surface area contributed by atoms with E-state index in [1.165, 1.54) is 4.88 Å². The molecule has 126 valence electrons. The van der Waals surface area contributed by atoms with Crippen LogP contribution in [-0.2, 0) is 13.1 Å². The molecule has 1 aromatic heterocycles. The average Bonchev–Trinajstić information content (AvgIpc) is 2.96. The van der Waals surface area contributed by atoms with Gasteiger partial charge in [-0.05, 0) is 52.7 Å². The molecule has 0 fully saturated rings. The molecule has 1 aromatic carbocycles. The second-order valence-corrected chi connectivity index (χ2v) is 7.15. The maximum absolute atomic E-state index is 5.16. The second-order valence-electron chi connectivity index (χ2n) is 4.60. The van der Waals surface area contributed by atoms with Crippen molar-refractivity contribution in [2.45, 2.75) is 20.0 Å². The molecular weight excluding hydrogens is 489 g/mol. The highest BCUT2D eigenvalue weighted by atomic mass is 127. The van der Waals surface area contributed by atoms with Crippen LogP contribution in [0.2, 0.25) is 0 Å². The first-order valence-electron chi connectivity index (χ1n) is 7.10. The van der Waals surface area contributed by atoms with Crippen LogP contribution >= 0.6 is 51.2 Å². The first-order chi connectivity index (χ1) is 10.7. The van der Waals surface area contributed by atoms with Gasteiger partial charge in [-0.15, -0.1) is 35.3 Å². The van der Waals surface area contributed by atoms with Gasteiger partial charge < -0.3 is 15.4 Å².